The van der Waals surface area contributed by atoms with Crippen LogP contribution in [0.1, 0.15) is 17.5 Å². The number of aryl methyl sites for hydroxylation is 2. The smallest absolute Gasteiger partial charge is 0.326 e. The molecule has 2 aromatic carbocycles. The van der Waals surface area contributed by atoms with Crippen LogP contribution in [-0.4, -0.2) is 31.0 Å². The molecule has 0 unspecified atom stereocenters. The van der Waals surface area contributed by atoms with Crippen LogP contribution in [-0.2, 0) is 14.8 Å². The van der Waals surface area contributed by atoms with Crippen LogP contribution in [0.4, 0.5) is 5.69 Å². The molecule has 0 aliphatic carbocycles. The summed E-state index contributed by atoms with van der Waals surface area (Å²) in [5.41, 5.74) is 2.91. The van der Waals surface area contributed by atoms with Crippen molar-refractivity contribution in [1.82, 2.24) is 14.9 Å². The van der Waals surface area contributed by atoms with E-state index in [9.17, 15) is 18.0 Å². The van der Waals surface area contributed by atoms with Gasteiger partial charge in [0, 0.05) is 24.2 Å². The number of sulfonamides is 1. The van der Waals surface area contributed by atoms with E-state index in [-0.39, 0.29) is 29.6 Å². The summed E-state index contributed by atoms with van der Waals surface area (Å²) in [6.45, 7) is 3.70. The normalized spacial score (nSPS) is 11.4. The molecule has 1 heterocycles. The van der Waals surface area contributed by atoms with Crippen molar-refractivity contribution in [1.29, 1.82) is 0 Å². The largest absolute Gasteiger partial charge is 0.439 e. The summed E-state index contributed by atoms with van der Waals surface area (Å²) < 4.78 is 31.6. The molecule has 29 heavy (non-hydrogen) atoms. The maximum atomic E-state index is 12.4. The fourth-order valence-corrected chi connectivity index (χ4v) is 3.70. The Morgan fingerprint density at radius 1 is 1.14 bits per heavy atom. The molecule has 0 spiro atoms. The summed E-state index contributed by atoms with van der Waals surface area (Å²) in [5, 5.41) is 6.27. The SMILES string of the molecule is Cc1ccc(S(=O)(=O)NCCC(=O)Nc2cccc(-c3noc(=O)[nH]3)c2)cc1C. The fourth-order valence-electron chi connectivity index (χ4n) is 2.59. The highest BCUT2D eigenvalue weighted by atomic mass is 32.2. The van der Waals surface area contributed by atoms with Crippen molar-refractivity contribution in [2.75, 3.05) is 11.9 Å². The number of nitrogens with zero attached hydrogens (tertiary/aromatic N) is 1. The van der Waals surface area contributed by atoms with Crippen molar-refractivity contribution < 1.29 is 17.7 Å². The van der Waals surface area contributed by atoms with Crippen LogP contribution in [0.25, 0.3) is 11.4 Å². The predicted octanol–water partition coefficient (Wildman–Crippen LogP) is 1.95. The maximum Gasteiger partial charge on any atom is 0.439 e. The van der Waals surface area contributed by atoms with Gasteiger partial charge in [-0.3, -0.25) is 14.3 Å². The van der Waals surface area contributed by atoms with E-state index < -0.39 is 15.8 Å². The van der Waals surface area contributed by atoms with Crippen molar-refractivity contribution in [3.63, 3.8) is 0 Å². The third kappa shape index (κ3) is 5.18. The summed E-state index contributed by atoms with van der Waals surface area (Å²) in [6.07, 6.45) is -0.0465. The lowest BCUT2D eigenvalue weighted by atomic mass is 10.1. The molecule has 0 saturated heterocycles. The number of carbonyl (C=O) groups excluding carboxylic acids is 1. The molecule has 3 rings (SSSR count). The van der Waals surface area contributed by atoms with E-state index in [1.54, 1.807) is 36.4 Å². The van der Waals surface area contributed by atoms with Crippen molar-refractivity contribution in [3.05, 3.63) is 64.1 Å². The number of hydrogen-bond acceptors (Lipinski definition) is 6. The van der Waals surface area contributed by atoms with Crippen molar-refractivity contribution >= 4 is 21.6 Å². The minimum absolute atomic E-state index is 0.0443. The van der Waals surface area contributed by atoms with E-state index in [4.69, 9.17) is 0 Å². The van der Waals surface area contributed by atoms with Crippen LogP contribution >= 0.6 is 0 Å². The first-order valence-corrected chi connectivity index (χ1v) is 10.3. The average Bonchev–Trinajstić information content (AvgIpc) is 3.10. The second-order valence-electron chi connectivity index (χ2n) is 6.47. The minimum Gasteiger partial charge on any atom is -0.326 e. The van der Waals surface area contributed by atoms with Gasteiger partial charge in [-0.05, 0) is 49.2 Å². The molecule has 9 nitrogen and oxygen atoms in total. The summed E-state index contributed by atoms with van der Waals surface area (Å²) in [4.78, 5) is 25.8. The van der Waals surface area contributed by atoms with Gasteiger partial charge in [0.2, 0.25) is 15.9 Å². The van der Waals surface area contributed by atoms with E-state index in [0.717, 1.165) is 11.1 Å². The van der Waals surface area contributed by atoms with Gasteiger partial charge in [0.05, 0.1) is 4.90 Å². The van der Waals surface area contributed by atoms with Crippen molar-refractivity contribution in [3.8, 4) is 11.4 Å². The molecule has 0 radical (unpaired) electrons. The zero-order chi connectivity index (χ0) is 21.0. The van der Waals surface area contributed by atoms with Gasteiger partial charge in [0.25, 0.3) is 0 Å². The number of carbonyl (C=O) groups is 1. The van der Waals surface area contributed by atoms with E-state index in [1.807, 2.05) is 13.8 Å². The molecule has 3 aromatic rings. The molecule has 0 aliphatic rings. The summed E-state index contributed by atoms with van der Waals surface area (Å²) >= 11 is 0. The first kappa shape index (κ1) is 20.5. The molecule has 1 amide bonds. The Bertz CT molecular complexity index is 1200. The van der Waals surface area contributed by atoms with E-state index in [1.165, 1.54) is 6.07 Å². The molecule has 0 saturated carbocycles. The number of aromatic amines is 1. The number of rotatable bonds is 7. The highest BCUT2D eigenvalue weighted by molar-refractivity contribution is 7.89. The van der Waals surface area contributed by atoms with E-state index >= 15 is 0 Å². The van der Waals surface area contributed by atoms with Gasteiger partial charge in [0.1, 0.15) is 0 Å². The molecule has 152 valence electrons. The van der Waals surface area contributed by atoms with Gasteiger partial charge < -0.3 is 5.32 Å². The number of nitrogens with one attached hydrogen (secondary N) is 3. The topological polar surface area (TPSA) is 134 Å². The molecular weight excluding hydrogens is 396 g/mol. The molecular formula is C19H20N4O5S. The molecule has 1 aromatic heterocycles. The number of benzene rings is 2. The summed E-state index contributed by atoms with van der Waals surface area (Å²) in [5.74, 6) is -0.795. The second-order valence-corrected chi connectivity index (χ2v) is 8.23. The van der Waals surface area contributed by atoms with Gasteiger partial charge >= 0.3 is 5.76 Å². The molecule has 0 aliphatic heterocycles. The van der Waals surface area contributed by atoms with Crippen LogP contribution in [0.5, 0.6) is 0 Å². The molecule has 0 bridgehead atoms. The molecule has 0 atom stereocenters. The Kier molecular flexibility index (Phi) is 5.95. The van der Waals surface area contributed by atoms with Crippen LogP contribution < -0.4 is 15.8 Å². The number of anilines is 1. The Balaban J connectivity index is 1.57. The van der Waals surface area contributed by atoms with Crippen LogP contribution in [0.15, 0.2) is 56.7 Å². The Hall–Kier alpha value is -3.24. The lowest BCUT2D eigenvalue weighted by Crippen LogP contribution is -2.28. The standard InChI is InChI=1S/C19H20N4O5S/c1-12-6-7-16(10-13(12)2)29(26,27)20-9-8-17(24)21-15-5-3-4-14(11-15)18-22-19(25)28-23-18/h3-7,10-11,20H,8-9H2,1-2H3,(H,21,24)(H,22,23,25). The third-order valence-electron chi connectivity index (χ3n) is 4.29. The molecule has 0 fully saturated rings. The van der Waals surface area contributed by atoms with Gasteiger partial charge in [-0.2, -0.15) is 0 Å². The van der Waals surface area contributed by atoms with Crippen LogP contribution in [0.2, 0.25) is 0 Å². The van der Waals surface area contributed by atoms with Crippen molar-refractivity contribution in [2.45, 2.75) is 25.2 Å². The van der Waals surface area contributed by atoms with Gasteiger partial charge in [-0.25, -0.2) is 17.9 Å². The Morgan fingerprint density at radius 2 is 1.93 bits per heavy atom. The lowest BCUT2D eigenvalue weighted by molar-refractivity contribution is -0.116. The molecule has 10 heteroatoms. The third-order valence-corrected chi connectivity index (χ3v) is 5.75. The Labute approximate surface area is 167 Å². The first-order valence-electron chi connectivity index (χ1n) is 8.78. The van der Waals surface area contributed by atoms with Crippen LogP contribution in [0.3, 0.4) is 0 Å². The lowest BCUT2D eigenvalue weighted by Gasteiger charge is -2.09. The number of H-pyrrole nitrogens is 1. The highest BCUT2D eigenvalue weighted by Crippen LogP contribution is 2.18. The summed E-state index contributed by atoms with van der Waals surface area (Å²) in [6, 6.07) is 11.5. The predicted molar refractivity (Wildman–Crippen MR) is 107 cm³/mol. The Morgan fingerprint density at radius 3 is 2.62 bits per heavy atom. The zero-order valence-electron chi connectivity index (χ0n) is 15.9. The van der Waals surface area contributed by atoms with Gasteiger partial charge in [0.15, 0.2) is 5.82 Å². The average molecular weight is 416 g/mol. The van der Waals surface area contributed by atoms with Gasteiger partial charge in [-0.1, -0.05) is 23.4 Å². The number of aromatic nitrogens is 2. The van der Waals surface area contributed by atoms with Gasteiger partial charge in [-0.15, -0.1) is 0 Å². The number of amides is 1. The fraction of sp³-hybridized carbons (Fsp3) is 0.211. The first-order chi connectivity index (χ1) is 13.7. The highest BCUT2D eigenvalue weighted by Gasteiger charge is 2.15. The number of hydrogen-bond donors (Lipinski definition) is 3. The maximum absolute atomic E-state index is 12.4. The zero-order valence-corrected chi connectivity index (χ0v) is 16.7. The minimum atomic E-state index is -3.69. The second kappa shape index (κ2) is 8.41. The summed E-state index contributed by atoms with van der Waals surface area (Å²) in [7, 11) is -3.69. The molecule has 3 N–H and O–H groups in total. The van der Waals surface area contributed by atoms with E-state index in [0.29, 0.717) is 11.3 Å². The quantitative estimate of drug-likeness (QED) is 0.539. The van der Waals surface area contributed by atoms with Crippen LogP contribution in [0, 0.1) is 13.8 Å². The van der Waals surface area contributed by atoms with Crippen molar-refractivity contribution in [2.24, 2.45) is 0 Å². The van der Waals surface area contributed by atoms with E-state index in [2.05, 4.69) is 24.7 Å². The monoisotopic (exact) mass is 416 g/mol.